The number of ether oxygens (including phenoxy) is 1. The molecule has 0 amide bonds. The molecule has 0 N–H and O–H groups in total. The number of aryl methyl sites for hydroxylation is 1. The highest BCUT2D eigenvalue weighted by molar-refractivity contribution is 5.95. The SMILES string of the molecule is Cc1ncccc1-n1cc(-c2nn(C3CCCCO3)c3ccc(-c4cccnc4F)cc23)nn1. The van der Waals surface area contributed by atoms with Crippen LogP contribution >= 0.6 is 0 Å². The van der Waals surface area contributed by atoms with E-state index in [1.54, 1.807) is 23.0 Å². The minimum Gasteiger partial charge on any atom is -0.356 e. The van der Waals surface area contributed by atoms with Crippen LogP contribution in [0.1, 0.15) is 31.2 Å². The van der Waals surface area contributed by atoms with Gasteiger partial charge in [-0.3, -0.25) is 4.98 Å². The van der Waals surface area contributed by atoms with Crippen LogP contribution in [-0.2, 0) is 4.74 Å². The molecule has 0 aliphatic carbocycles. The highest BCUT2D eigenvalue weighted by atomic mass is 19.1. The summed E-state index contributed by atoms with van der Waals surface area (Å²) >= 11 is 0. The molecular formula is C25H22FN7O. The van der Waals surface area contributed by atoms with Gasteiger partial charge in [0.15, 0.2) is 6.23 Å². The Hall–Kier alpha value is -3.98. The summed E-state index contributed by atoms with van der Waals surface area (Å²) in [4.78, 5) is 8.14. The lowest BCUT2D eigenvalue weighted by molar-refractivity contribution is -0.0365. The standard InChI is InChI=1S/C25H22FN7O/c1-16-21(7-5-11-27-16)32-15-20(29-31-32)24-19-14-17(18-6-4-12-28-25(18)26)9-10-22(19)33(30-24)23-8-2-3-13-34-23/h4-7,9-12,14-15,23H,2-3,8,13H2,1H3. The smallest absolute Gasteiger partial charge is 0.220 e. The van der Waals surface area contributed by atoms with Crippen LogP contribution < -0.4 is 0 Å². The van der Waals surface area contributed by atoms with Crippen LogP contribution in [-0.4, -0.2) is 41.3 Å². The second kappa shape index (κ2) is 8.42. The molecule has 1 aliphatic heterocycles. The molecular weight excluding hydrogens is 433 g/mol. The van der Waals surface area contributed by atoms with Crippen molar-refractivity contribution in [3.8, 4) is 28.2 Å². The maximum Gasteiger partial charge on any atom is 0.220 e. The average molecular weight is 455 g/mol. The molecule has 170 valence electrons. The second-order valence-corrected chi connectivity index (χ2v) is 8.34. The average Bonchev–Trinajstić information content (AvgIpc) is 3.50. The van der Waals surface area contributed by atoms with Crippen molar-refractivity contribution in [2.75, 3.05) is 6.61 Å². The maximum absolute atomic E-state index is 14.4. The number of rotatable bonds is 4. The van der Waals surface area contributed by atoms with Crippen molar-refractivity contribution in [1.29, 1.82) is 0 Å². The summed E-state index contributed by atoms with van der Waals surface area (Å²) in [6.07, 6.45) is 7.89. The van der Waals surface area contributed by atoms with E-state index < -0.39 is 5.95 Å². The van der Waals surface area contributed by atoms with Gasteiger partial charge in [-0.25, -0.2) is 14.3 Å². The number of benzene rings is 1. The van der Waals surface area contributed by atoms with Gasteiger partial charge in [0, 0.05) is 30.0 Å². The van der Waals surface area contributed by atoms with E-state index in [0.29, 0.717) is 23.6 Å². The summed E-state index contributed by atoms with van der Waals surface area (Å²) in [6, 6.07) is 13.0. The lowest BCUT2D eigenvalue weighted by atomic mass is 10.0. The van der Waals surface area contributed by atoms with E-state index >= 15 is 0 Å². The molecule has 6 rings (SSSR count). The minimum atomic E-state index is -0.510. The highest BCUT2D eigenvalue weighted by Crippen LogP contribution is 2.35. The molecule has 1 atom stereocenters. The maximum atomic E-state index is 14.4. The van der Waals surface area contributed by atoms with Gasteiger partial charge < -0.3 is 4.74 Å². The molecule has 5 heterocycles. The predicted octanol–water partition coefficient (Wildman–Crippen LogP) is 4.89. The van der Waals surface area contributed by atoms with Crippen molar-refractivity contribution in [3.05, 3.63) is 72.7 Å². The molecule has 8 nitrogen and oxygen atoms in total. The number of halogens is 1. The van der Waals surface area contributed by atoms with Crippen LogP contribution in [0, 0.1) is 12.9 Å². The number of hydrogen-bond donors (Lipinski definition) is 0. The van der Waals surface area contributed by atoms with E-state index in [2.05, 4.69) is 20.3 Å². The largest absolute Gasteiger partial charge is 0.356 e. The third kappa shape index (κ3) is 3.54. The van der Waals surface area contributed by atoms with E-state index in [-0.39, 0.29) is 6.23 Å². The van der Waals surface area contributed by atoms with Crippen molar-refractivity contribution in [2.45, 2.75) is 32.4 Å². The first kappa shape index (κ1) is 20.6. The monoisotopic (exact) mass is 455 g/mol. The first-order valence-electron chi connectivity index (χ1n) is 11.3. The molecule has 9 heteroatoms. The number of fused-ring (bicyclic) bond motifs is 1. The van der Waals surface area contributed by atoms with Crippen molar-refractivity contribution in [3.63, 3.8) is 0 Å². The Balaban J connectivity index is 1.52. The van der Waals surface area contributed by atoms with Gasteiger partial charge in [-0.15, -0.1) is 5.10 Å². The van der Waals surface area contributed by atoms with E-state index in [1.165, 1.54) is 6.20 Å². The van der Waals surface area contributed by atoms with Crippen LogP contribution in [0.5, 0.6) is 0 Å². The second-order valence-electron chi connectivity index (χ2n) is 8.34. The zero-order chi connectivity index (χ0) is 23.1. The lowest BCUT2D eigenvalue weighted by Gasteiger charge is -2.23. The fraction of sp³-hybridized carbons (Fsp3) is 0.240. The number of aromatic nitrogens is 7. The molecule has 1 saturated heterocycles. The van der Waals surface area contributed by atoms with Crippen molar-refractivity contribution < 1.29 is 9.13 Å². The quantitative estimate of drug-likeness (QED) is 0.359. The Morgan fingerprint density at radius 3 is 2.76 bits per heavy atom. The van der Waals surface area contributed by atoms with Crippen molar-refractivity contribution >= 4 is 10.9 Å². The summed E-state index contributed by atoms with van der Waals surface area (Å²) in [6.45, 7) is 2.63. The molecule has 0 spiro atoms. The highest BCUT2D eigenvalue weighted by Gasteiger charge is 2.24. The Labute approximate surface area is 195 Å². The Kier molecular flexibility index (Phi) is 5.10. The van der Waals surface area contributed by atoms with Crippen LogP contribution in [0.4, 0.5) is 4.39 Å². The number of nitrogens with zero attached hydrogens (tertiary/aromatic N) is 7. The number of hydrogen-bond acceptors (Lipinski definition) is 6. The fourth-order valence-electron chi connectivity index (χ4n) is 4.44. The van der Waals surface area contributed by atoms with Crippen LogP contribution in [0.3, 0.4) is 0 Å². The van der Waals surface area contributed by atoms with Gasteiger partial charge in [0.1, 0.15) is 11.4 Å². The van der Waals surface area contributed by atoms with Gasteiger partial charge >= 0.3 is 0 Å². The van der Waals surface area contributed by atoms with Gasteiger partial charge in [0.05, 0.1) is 23.1 Å². The molecule has 1 aromatic carbocycles. The van der Waals surface area contributed by atoms with Crippen LogP contribution in [0.25, 0.3) is 39.1 Å². The summed E-state index contributed by atoms with van der Waals surface area (Å²) in [5, 5.41) is 14.5. The third-order valence-electron chi connectivity index (χ3n) is 6.17. The first-order chi connectivity index (χ1) is 16.7. The molecule has 0 bridgehead atoms. The molecule has 0 saturated carbocycles. The summed E-state index contributed by atoms with van der Waals surface area (Å²) in [5.74, 6) is -0.510. The number of pyridine rings is 2. The van der Waals surface area contributed by atoms with Gasteiger partial charge in [-0.1, -0.05) is 11.3 Å². The zero-order valence-corrected chi connectivity index (χ0v) is 18.6. The molecule has 1 unspecified atom stereocenters. The molecule has 5 aromatic rings. The van der Waals surface area contributed by atoms with Gasteiger partial charge in [0.2, 0.25) is 5.95 Å². The zero-order valence-electron chi connectivity index (χ0n) is 18.6. The molecule has 1 fully saturated rings. The van der Waals surface area contributed by atoms with Crippen LogP contribution in [0.2, 0.25) is 0 Å². The minimum absolute atomic E-state index is 0.151. The summed E-state index contributed by atoms with van der Waals surface area (Å²) < 4.78 is 24.1. The topological polar surface area (TPSA) is 83.5 Å². The van der Waals surface area contributed by atoms with E-state index in [1.807, 2.05) is 48.1 Å². The molecule has 0 radical (unpaired) electrons. The van der Waals surface area contributed by atoms with Gasteiger partial charge in [-0.2, -0.15) is 9.49 Å². The molecule has 1 aliphatic rings. The summed E-state index contributed by atoms with van der Waals surface area (Å²) in [5.41, 5.74) is 5.04. The van der Waals surface area contributed by atoms with E-state index in [4.69, 9.17) is 9.84 Å². The van der Waals surface area contributed by atoms with Crippen molar-refractivity contribution in [2.24, 2.45) is 0 Å². The Bertz CT molecular complexity index is 1490. The molecule has 34 heavy (non-hydrogen) atoms. The third-order valence-corrected chi connectivity index (χ3v) is 6.17. The van der Waals surface area contributed by atoms with Crippen molar-refractivity contribution in [1.82, 2.24) is 34.7 Å². The fourth-order valence-corrected chi connectivity index (χ4v) is 4.44. The molecule has 4 aromatic heterocycles. The lowest BCUT2D eigenvalue weighted by Crippen LogP contribution is -2.19. The van der Waals surface area contributed by atoms with E-state index in [9.17, 15) is 4.39 Å². The predicted molar refractivity (Wildman–Crippen MR) is 125 cm³/mol. The normalized spacial score (nSPS) is 16.2. The first-order valence-corrected chi connectivity index (χ1v) is 11.3. The Morgan fingerprint density at radius 2 is 1.94 bits per heavy atom. The van der Waals surface area contributed by atoms with Crippen LogP contribution in [0.15, 0.2) is 61.1 Å². The van der Waals surface area contributed by atoms with Gasteiger partial charge in [0.25, 0.3) is 0 Å². The Morgan fingerprint density at radius 1 is 1.06 bits per heavy atom. The van der Waals surface area contributed by atoms with Gasteiger partial charge in [-0.05, 0) is 68.1 Å². The van der Waals surface area contributed by atoms with E-state index in [0.717, 1.165) is 47.1 Å². The summed E-state index contributed by atoms with van der Waals surface area (Å²) in [7, 11) is 0.